The molecule has 3 aromatic rings. The molecule has 1 aliphatic carbocycles. The lowest BCUT2D eigenvalue weighted by Crippen LogP contribution is -2.27. The summed E-state index contributed by atoms with van der Waals surface area (Å²) >= 11 is 0. The highest BCUT2D eigenvalue weighted by Crippen LogP contribution is 2.33. The molecule has 7 heteroatoms. The fraction of sp³-hybridized carbons (Fsp3) is 0.412. The van der Waals surface area contributed by atoms with E-state index in [0.29, 0.717) is 24.3 Å². The number of hydrogen-bond donors (Lipinski definition) is 0. The molecular formula is C17H18N6O. The summed E-state index contributed by atoms with van der Waals surface area (Å²) in [7, 11) is 0. The minimum Gasteiger partial charge on any atom is -0.339 e. The van der Waals surface area contributed by atoms with Gasteiger partial charge in [0.25, 0.3) is 0 Å². The predicted octanol–water partition coefficient (Wildman–Crippen LogP) is 1.60. The fourth-order valence-electron chi connectivity index (χ4n) is 3.63. The van der Waals surface area contributed by atoms with E-state index >= 15 is 0 Å². The second kappa shape index (κ2) is 5.15. The van der Waals surface area contributed by atoms with E-state index in [9.17, 15) is 4.79 Å². The van der Waals surface area contributed by atoms with E-state index in [0.717, 1.165) is 30.1 Å². The highest BCUT2D eigenvalue weighted by atomic mass is 16.2. The molecule has 7 nitrogen and oxygen atoms in total. The lowest BCUT2D eigenvalue weighted by Gasteiger charge is -2.16. The Kier molecular flexibility index (Phi) is 2.95. The Morgan fingerprint density at radius 2 is 2.08 bits per heavy atom. The van der Waals surface area contributed by atoms with E-state index in [1.165, 1.54) is 12.8 Å². The van der Waals surface area contributed by atoms with E-state index < -0.39 is 0 Å². The van der Waals surface area contributed by atoms with Gasteiger partial charge >= 0.3 is 0 Å². The van der Waals surface area contributed by atoms with E-state index in [1.54, 1.807) is 23.1 Å². The Morgan fingerprint density at radius 1 is 1.17 bits per heavy atom. The fourth-order valence-corrected chi connectivity index (χ4v) is 3.63. The number of rotatable bonds is 4. The predicted molar refractivity (Wildman–Crippen MR) is 87.1 cm³/mol. The molecule has 2 aliphatic rings. The van der Waals surface area contributed by atoms with Gasteiger partial charge in [0.2, 0.25) is 5.91 Å². The van der Waals surface area contributed by atoms with Gasteiger partial charge in [-0.2, -0.15) is 5.10 Å². The molecule has 1 aliphatic heterocycles. The Hall–Kier alpha value is -2.70. The SMILES string of the molecule is O=C1CC(Cn2ccnc2-c2cnn3cccnc23)CN1C1CC1. The molecule has 1 saturated heterocycles. The number of aromatic nitrogens is 5. The summed E-state index contributed by atoms with van der Waals surface area (Å²) in [5, 5.41) is 4.34. The number of nitrogens with zero attached hydrogens (tertiary/aromatic N) is 6. The number of carbonyl (C=O) groups is 1. The molecule has 4 heterocycles. The van der Waals surface area contributed by atoms with Crippen molar-refractivity contribution >= 4 is 11.6 Å². The van der Waals surface area contributed by atoms with Gasteiger partial charge in [-0.15, -0.1) is 0 Å². The van der Waals surface area contributed by atoms with Crippen molar-refractivity contribution in [1.82, 2.24) is 29.0 Å². The largest absolute Gasteiger partial charge is 0.339 e. The highest BCUT2D eigenvalue weighted by molar-refractivity contribution is 5.79. The van der Waals surface area contributed by atoms with Crippen LogP contribution >= 0.6 is 0 Å². The summed E-state index contributed by atoms with van der Waals surface area (Å²) < 4.78 is 3.88. The van der Waals surface area contributed by atoms with Gasteiger partial charge in [-0.05, 0) is 18.9 Å². The van der Waals surface area contributed by atoms with Gasteiger partial charge in [-0.1, -0.05) is 0 Å². The number of hydrogen-bond acceptors (Lipinski definition) is 4. The van der Waals surface area contributed by atoms with Gasteiger partial charge in [-0.3, -0.25) is 4.79 Å². The summed E-state index contributed by atoms with van der Waals surface area (Å²) in [5.74, 6) is 1.52. The average molecular weight is 322 g/mol. The van der Waals surface area contributed by atoms with Gasteiger partial charge in [-0.25, -0.2) is 14.5 Å². The minimum atomic E-state index is 0.307. The first kappa shape index (κ1) is 13.7. The number of amides is 1. The van der Waals surface area contributed by atoms with E-state index in [1.807, 2.05) is 18.5 Å². The zero-order valence-corrected chi connectivity index (χ0v) is 13.2. The maximum atomic E-state index is 12.2. The van der Waals surface area contributed by atoms with E-state index in [2.05, 4.69) is 24.5 Å². The molecule has 1 unspecified atom stereocenters. The van der Waals surface area contributed by atoms with Gasteiger partial charge in [0.05, 0.1) is 11.8 Å². The van der Waals surface area contributed by atoms with Crippen LogP contribution in [-0.4, -0.2) is 47.5 Å². The Balaban J connectivity index is 1.42. The normalized spacial score (nSPS) is 21.1. The second-order valence-corrected chi connectivity index (χ2v) is 6.70. The third-order valence-electron chi connectivity index (χ3n) is 4.92. The molecule has 2 fully saturated rings. The second-order valence-electron chi connectivity index (χ2n) is 6.70. The standard InChI is InChI=1S/C17H18N6O/c24-15-8-12(11-22(15)13-2-3-13)10-21-7-5-19-16(21)14-9-20-23-6-1-4-18-17(14)23/h1,4-7,9,12-13H,2-3,8,10-11H2. The van der Waals surface area contributed by atoms with Gasteiger partial charge in [0.1, 0.15) is 5.82 Å². The Morgan fingerprint density at radius 3 is 2.96 bits per heavy atom. The molecule has 1 saturated carbocycles. The first-order valence-electron chi connectivity index (χ1n) is 8.39. The first-order chi connectivity index (χ1) is 11.8. The molecule has 24 heavy (non-hydrogen) atoms. The van der Waals surface area contributed by atoms with Crippen LogP contribution in [0.3, 0.4) is 0 Å². The van der Waals surface area contributed by atoms with Crippen LogP contribution in [0, 0.1) is 5.92 Å². The van der Waals surface area contributed by atoms with E-state index in [-0.39, 0.29) is 0 Å². The summed E-state index contributed by atoms with van der Waals surface area (Å²) in [5.41, 5.74) is 1.72. The van der Waals surface area contributed by atoms with Crippen LogP contribution in [-0.2, 0) is 11.3 Å². The van der Waals surface area contributed by atoms with Crippen molar-refractivity contribution in [3.8, 4) is 11.4 Å². The molecule has 1 atom stereocenters. The molecule has 0 N–H and O–H groups in total. The van der Waals surface area contributed by atoms with Crippen LogP contribution < -0.4 is 0 Å². The van der Waals surface area contributed by atoms with Gasteiger partial charge in [0.15, 0.2) is 5.65 Å². The van der Waals surface area contributed by atoms with Crippen LogP contribution in [0.25, 0.3) is 17.0 Å². The number of imidazole rings is 1. The van der Waals surface area contributed by atoms with Crippen molar-refractivity contribution < 1.29 is 4.79 Å². The number of likely N-dealkylation sites (tertiary alicyclic amines) is 1. The zero-order valence-electron chi connectivity index (χ0n) is 13.2. The molecule has 3 aromatic heterocycles. The van der Waals surface area contributed by atoms with Crippen molar-refractivity contribution in [2.24, 2.45) is 5.92 Å². The van der Waals surface area contributed by atoms with Crippen LogP contribution in [0.2, 0.25) is 0 Å². The molecule has 1 amide bonds. The van der Waals surface area contributed by atoms with Crippen LogP contribution in [0.15, 0.2) is 37.1 Å². The molecular weight excluding hydrogens is 304 g/mol. The summed E-state index contributed by atoms with van der Waals surface area (Å²) in [6.45, 7) is 1.67. The molecule has 5 rings (SSSR count). The third kappa shape index (κ3) is 2.19. The topological polar surface area (TPSA) is 68.3 Å². The van der Waals surface area contributed by atoms with Gasteiger partial charge < -0.3 is 9.47 Å². The van der Waals surface area contributed by atoms with Crippen molar-refractivity contribution in [2.45, 2.75) is 31.8 Å². The lowest BCUT2D eigenvalue weighted by atomic mass is 10.1. The van der Waals surface area contributed by atoms with Crippen molar-refractivity contribution in [2.75, 3.05) is 6.54 Å². The highest BCUT2D eigenvalue weighted by Gasteiger charge is 2.39. The van der Waals surface area contributed by atoms with Crippen molar-refractivity contribution in [1.29, 1.82) is 0 Å². The minimum absolute atomic E-state index is 0.307. The molecule has 0 radical (unpaired) electrons. The molecule has 122 valence electrons. The van der Waals surface area contributed by atoms with E-state index in [4.69, 9.17) is 0 Å². The van der Waals surface area contributed by atoms with Crippen molar-refractivity contribution in [3.63, 3.8) is 0 Å². The third-order valence-corrected chi connectivity index (χ3v) is 4.92. The average Bonchev–Trinajstić information content (AvgIpc) is 3.01. The smallest absolute Gasteiger partial charge is 0.223 e. The first-order valence-corrected chi connectivity index (χ1v) is 8.39. The summed E-state index contributed by atoms with van der Waals surface area (Å²) in [6, 6.07) is 2.36. The maximum absolute atomic E-state index is 12.2. The monoisotopic (exact) mass is 322 g/mol. The lowest BCUT2D eigenvalue weighted by molar-refractivity contribution is -0.128. The summed E-state index contributed by atoms with van der Waals surface area (Å²) in [6.07, 6.45) is 12.2. The van der Waals surface area contributed by atoms with Crippen LogP contribution in [0.5, 0.6) is 0 Å². The Labute approximate surface area is 138 Å². The maximum Gasteiger partial charge on any atom is 0.223 e. The van der Waals surface area contributed by atoms with Gasteiger partial charge in [0, 0.05) is 56.3 Å². The quantitative estimate of drug-likeness (QED) is 0.732. The zero-order chi connectivity index (χ0) is 16.1. The molecule has 0 bridgehead atoms. The molecule has 0 spiro atoms. The molecule has 0 aromatic carbocycles. The number of carbonyl (C=O) groups excluding carboxylic acids is 1. The van der Waals surface area contributed by atoms with Crippen LogP contribution in [0.1, 0.15) is 19.3 Å². The summed E-state index contributed by atoms with van der Waals surface area (Å²) in [4.78, 5) is 23.1. The van der Waals surface area contributed by atoms with Crippen LogP contribution in [0.4, 0.5) is 0 Å². The van der Waals surface area contributed by atoms with Crippen molar-refractivity contribution in [3.05, 3.63) is 37.1 Å². The number of fused-ring (bicyclic) bond motifs is 1. The Bertz CT molecular complexity index is 909.